The molecule has 3 aromatic heterocycles. The van der Waals surface area contributed by atoms with Crippen LogP contribution in [0.5, 0.6) is 5.75 Å². The number of aromatic nitrogens is 4. The van der Waals surface area contributed by atoms with Crippen LogP contribution in [0.25, 0.3) is 22.4 Å². The van der Waals surface area contributed by atoms with Gasteiger partial charge in [-0.1, -0.05) is 42.1 Å². The van der Waals surface area contributed by atoms with E-state index in [0.29, 0.717) is 23.6 Å². The van der Waals surface area contributed by atoms with Crippen molar-refractivity contribution in [3.63, 3.8) is 0 Å². The zero-order valence-corrected chi connectivity index (χ0v) is 18.7. The van der Waals surface area contributed by atoms with Crippen LogP contribution in [-0.2, 0) is 12.3 Å². The number of ether oxygens (including phenoxy) is 1. The fourth-order valence-corrected chi connectivity index (χ4v) is 4.55. The SMILES string of the molecule is COc1ccc2c(CSc3nnc(-c4ccncc4)n3Cc3ccccc3)cc(=O)oc2c1. The highest BCUT2D eigenvalue weighted by Gasteiger charge is 2.16. The molecular formula is C25H20N4O3S. The lowest BCUT2D eigenvalue weighted by Gasteiger charge is -2.11. The Morgan fingerprint density at radius 2 is 1.82 bits per heavy atom. The normalized spacial score (nSPS) is 11.1. The van der Waals surface area contributed by atoms with Gasteiger partial charge in [-0.05, 0) is 35.4 Å². The summed E-state index contributed by atoms with van der Waals surface area (Å²) in [6.07, 6.45) is 3.49. The van der Waals surface area contributed by atoms with Gasteiger partial charge in [-0.2, -0.15) is 0 Å². The Morgan fingerprint density at radius 1 is 1.00 bits per heavy atom. The highest BCUT2D eigenvalue weighted by molar-refractivity contribution is 7.98. The summed E-state index contributed by atoms with van der Waals surface area (Å²) < 4.78 is 12.7. The van der Waals surface area contributed by atoms with Crippen LogP contribution in [-0.4, -0.2) is 26.9 Å². The molecule has 0 amide bonds. The fraction of sp³-hybridized carbons (Fsp3) is 0.120. The van der Waals surface area contributed by atoms with Crippen molar-refractivity contribution < 1.29 is 9.15 Å². The van der Waals surface area contributed by atoms with Crippen molar-refractivity contribution in [3.05, 3.63) is 101 Å². The molecule has 7 nitrogen and oxygen atoms in total. The third-order valence-corrected chi connectivity index (χ3v) is 6.25. The second kappa shape index (κ2) is 9.30. The first-order chi connectivity index (χ1) is 16.2. The van der Waals surface area contributed by atoms with Crippen molar-refractivity contribution in [2.75, 3.05) is 7.11 Å². The van der Waals surface area contributed by atoms with E-state index in [1.165, 1.54) is 17.8 Å². The summed E-state index contributed by atoms with van der Waals surface area (Å²) in [5.41, 5.74) is 3.06. The first kappa shape index (κ1) is 21.0. The molecule has 0 atom stereocenters. The van der Waals surface area contributed by atoms with Gasteiger partial charge in [0, 0.05) is 41.2 Å². The van der Waals surface area contributed by atoms with Gasteiger partial charge in [-0.3, -0.25) is 9.55 Å². The number of nitrogens with zero attached hydrogens (tertiary/aromatic N) is 4. The van der Waals surface area contributed by atoms with Gasteiger partial charge in [0.05, 0.1) is 13.7 Å². The molecule has 0 aliphatic heterocycles. The number of rotatable bonds is 7. The number of pyridine rings is 1. The number of methoxy groups -OCH3 is 1. The highest BCUT2D eigenvalue weighted by atomic mass is 32.2. The van der Waals surface area contributed by atoms with Crippen molar-refractivity contribution in [3.8, 4) is 17.1 Å². The van der Waals surface area contributed by atoms with Crippen LogP contribution in [0.3, 0.4) is 0 Å². The molecular weight excluding hydrogens is 436 g/mol. The molecule has 0 fully saturated rings. The molecule has 0 saturated heterocycles. The largest absolute Gasteiger partial charge is 0.497 e. The van der Waals surface area contributed by atoms with Crippen LogP contribution >= 0.6 is 11.8 Å². The Labute approximate surface area is 194 Å². The third-order valence-electron chi connectivity index (χ3n) is 5.23. The predicted molar refractivity (Wildman–Crippen MR) is 127 cm³/mol. The second-order valence-corrected chi connectivity index (χ2v) is 8.30. The number of fused-ring (bicyclic) bond motifs is 1. The van der Waals surface area contributed by atoms with E-state index in [9.17, 15) is 4.79 Å². The van der Waals surface area contributed by atoms with Crippen LogP contribution in [0, 0.1) is 0 Å². The molecule has 2 aromatic carbocycles. The number of hydrogen-bond acceptors (Lipinski definition) is 7. The van der Waals surface area contributed by atoms with Gasteiger partial charge in [-0.15, -0.1) is 10.2 Å². The van der Waals surface area contributed by atoms with Gasteiger partial charge in [0.15, 0.2) is 11.0 Å². The summed E-state index contributed by atoms with van der Waals surface area (Å²) in [6, 6.07) is 21.0. The molecule has 0 aliphatic carbocycles. The number of thioether (sulfide) groups is 1. The summed E-state index contributed by atoms with van der Waals surface area (Å²) in [4.78, 5) is 16.3. The van der Waals surface area contributed by atoms with Gasteiger partial charge in [-0.25, -0.2) is 4.79 Å². The molecule has 5 rings (SSSR count). The van der Waals surface area contributed by atoms with E-state index in [1.807, 2.05) is 42.5 Å². The molecule has 3 heterocycles. The van der Waals surface area contributed by atoms with Crippen molar-refractivity contribution in [2.24, 2.45) is 0 Å². The molecule has 5 aromatic rings. The minimum absolute atomic E-state index is 0.394. The monoisotopic (exact) mass is 456 g/mol. The molecule has 0 N–H and O–H groups in total. The summed E-state index contributed by atoms with van der Waals surface area (Å²) in [7, 11) is 1.58. The topological polar surface area (TPSA) is 83.0 Å². The average Bonchev–Trinajstić information content (AvgIpc) is 3.25. The average molecular weight is 457 g/mol. The lowest BCUT2D eigenvalue weighted by molar-refractivity contribution is 0.414. The van der Waals surface area contributed by atoms with Crippen molar-refractivity contribution in [2.45, 2.75) is 17.5 Å². The summed E-state index contributed by atoms with van der Waals surface area (Å²) in [5.74, 6) is 1.95. The first-order valence-corrected chi connectivity index (χ1v) is 11.3. The van der Waals surface area contributed by atoms with Crippen molar-refractivity contribution in [1.82, 2.24) is 19.7 Å². The highest BCUT2D eigenvalue weighted by Crippen LogP contribution is 2.30. The standard InChI is InChI=1S/C25H20N4O3S/c1-31-20-7-8-21-19(13-23(30)32-22(21)14-20)16-33-25-28-27-24(18-9-11-26-12-10-18)29(25)15-17-5-3-2-4-6-17/h2-14H,15-16H2,1H3. The van der Waals surface area contributed by atoms with Crippen molar-refractivity contribution >= 4 is 22.7 Å². The lowest BCUT2D eigenvalue weighted by Crippen LogP contribution is -2.05. The maximum absolute atomic E-state index is 12.2. The Kier molecular flexibility index (Phi) is 5.91. The smallest absolute Gasteiger partial charge is 0.336 e. The van der Waals surface area contributed by atoms with Crippen LogP contribution in [0.2, 0.25) is 0 Å². The van der Waals surface area contributed by atoms with E-state index in [4.69, 9.17) is 9.15 Å². The Morgan fingerprint density at radius 3 is 2.61 bits per heavy atom. The minimum Gasteiger partial charge on any atom is -0.497 e. The van der Waals surface area contributed by atoms with Gasteiger partial charge >= 0.3 is 5.63 Å². The van der Waals surface area contributed by atoms with Gasteiger partial charge in [0.25, 0.3) is 0 Å². The second-order valence-electron chi connectivity index (χ2n) is 7.36. The molecule has 164 valence electrons. The summed E-state index contributed by atoms with van der Waals surface area (Å²) in [6.45, 7) is 0.628. The van der Waals surface area contributed by atoms with E-state index < -0.39 is 5.63 Å². The van der Waals surface area contributed by atoms with Crippen molar-refractivity contribution in [1.29, 1.82) is 0 Å². The van der Waals surface area contributed by atoms with E-state index >= 15 is 0 Å². The van der Waals surface area contributed by atoms with Crippen LogP contribution in [0.15, 0.2) is 93.5 Å². The molecule has 0 radical (unpaired) electrons. The zero-order chi connectivity index (χ0) is 22.6. The molecule has 0 unspecified atom stereocenters. The maximum Gasteiger partial charge on any atom is 0.336 e. The summed E-state index contributed by atoms with van der Waals surface area (Å²) >= 11 is 1.53. The molecule has 0 saturated carbocycles. The van der Waals surface area contributed by atoms with Crippen LogP contribution in [0.4, 0.5) is 0 Å². The quantitative estimate of drug-likeness (QED) is 0.257. The predicted octanol–water partition coefficient (Wildman–Crippen LogP) is 4.80. The van der Waals surface area contributed by atoms with E-state index in [-0.39, 0.29) is 0 Å². The Hall–Kier alpha value is -3.91. The lowest BCUT2D eigenvalue weighted by atomic mass is 10.1. The van der Waals surface area contributed by atoms with Gasteiger partial charge in [0.1, 0.15) is 11.3 Å². The zero-order valence-electron chi connectivity index (χ0n) is 17.8. The van der Waals surface area contributed by atoms with E-state index in [2.05, 4.69) is 31.9 Å². The first-order valence-electron chi connectivity index (χ1n) is 10.3. The van der Waals surface area contributed by atoms with Crippen LogP contribution in [0.1, 0.15) is 11.1 Å². The van der Waals surface area contributed by atoms with E-state index in [0.717, 1.165) is 33.1 Å². The number of hydrogen-bond donors (Lipinski definition) is 0. The summed E-state index contributed by atoms with van der Waals surface area (Å²) in [5, 5.41) is 10.6. The molecule has 0 aliphatic rings. The van der Waals surface area contributed by atoms with Gasteiger partial charge < -0.3 is 9.15 Å². The molecule has 0 bridgehead atoms. The third kappa shape index (κ3) is 4.51. The maximum atomic E-state index is 12.2. The fourth-order valence-electron chi connectivity index (χ4n) is 3.62. The minimum atomic E-state index is -0.394. The number of benzene rings is 2. The molecule has 8 heteroatoms. The Bertz CT molecular complexity index is 1450. The molecule has 33 heavy (non-hydrogen) atoms. The molecule has 0 spiro atoms. The van der Waals surface area contributed by atoms with Gasteiger partial charge in [0.2, 0.25) is 0 Å². The van der Waals surface area contributed by atoms with E-state index in [1.54, 1.807) is 25.6 Å². The van der Waals surface area contributed by atoms with Crippen LogP contribution < -0.4 is 10.4 Å². The Balaban J connectivity index is 1.50.